The summed E-state index contributed by atoms with van der Waals surface area (Å²) in [5, 5.41) is 8.76. The summed E-state index contributed by atoms with van der Waals surface area (Å²) in [5.41, 5.74) is 0.179. The van der Waals surface area contributed by atoms with Crippen LogP contribution in [0.25, 0.3) is 0 Å². The van der Waals surface area contributed by atoms with Gasteiger partial charge in [0.2, 0.25) is 5.88 Å². The Morgan fingerprint density at radius 3 is 2.68 bits per heavy atom. The van der Waals surface area contributed by atoms with Crippen LogP contribution in [-0.4, -0.2) is 32.6 Å². The van der Waals surface area contributed by atoms with Crippen LogP contribution in [0, 0.1) is 6.92 Å². The fourth-order valence-corrected chi connectivity index (χ4v) is 3.02. The molecule has 2 aromatic heterocycles. The van der Waals surface area contributed by atoms with Crippen LogP contribution in [0.3, 0.4) is 0 Å². The van der Waals surface area contributed by atoms with Gasteiger partial charge in [-0.25, -0.2) is 9.78 Å². The SMILES string of the molecule is Cc1cncc(Cl)c1CSc1nc(OC(=O)CO)cc(C(F)(F)F)n1. The molecule has 0 fully saturated rings. The van der Waals surface area contributed by atoms with Gasteiger partial charge >= 0.3 is 12.1 Å². The summed E-state index contributed by atoms with van der Waals surface area (Å²) in [6.45, 7) is 0.774. The largest absolute Gasteiger partial charge is 0.433 e. The number of hydrogen-bond donors (Lipinski definition) is 1. The van der Waals surface area contributed by atoms with Crippen molar-refractivity contribution in [1.29, 1.82) is 0 Å². The highest BCUT2D eigenvalue weighted by atomic mass is 35.5. The quantitative estimate of drug-likeness (QED) is 0.474. The summed E-state index contributed by atoms with van der Waals surface area (Å²) in [4.78, 5) is 22.2. The number of pyridine rings is 1. The number of aliphatic hydroxyl groups is 1. The van der Waals surface area contributed by atoms with Gasteiger partial charge in [0.05, 0.1) is 5.02 Å². The molecule has 0 atom stereocenters. The zero-order chi connectivity index (χ0) is 18.6. The molecular weight excluding hydrogens is 383 g/mol. The second-order valence-corrected chi connectivity index (χ2v) is 6.06. The van der Waals surface area contributed by atoms with Crippen LogP contribution in [0.15, 0.2) is 23.6 Å². The Labute approximate surface area is 149 Å². The van der Waals surface area contributed by atoms with Crippen molar-refractivity contribution in [3.63, 3.8) is 0 Å². The summed E-state index contributed by atoms with van der Waals surface area (Å²) in [5.74, 6) is -1.53. The molecule has 0 aliphatic carbocycles. The van der Waals surface area contributed by atoms with E-state index in [2.05, 4.69) is 19.7 Å². The first-order valence-electron chi connectivity index (χ1n) is 6.70. The Balaban J connectivity index is 2.29. The van der Waals surface area contributed by atoms with Crippen molar-refractivity contribution < 1.29 is 27.8 Å². The molecule has 0 aliphatic rings. The van der Waals surface area contributed by atoms with Gasteiger partial charge < -0.3 is 9.84 Å². The van der Waals surface area contributed by atoms with E-state index < -0.39 is 30.3 Å². The summed E-state index contributed by atoms with van der Waals surface area (Å²) in [7, 11) is 0. The predicted molar refractivity (Wildman–Crippen MR) is 83.3 cm³/mol. The minimum atomic E-state index is -4.75. The molecule has 0 unspecified atom stereocenters. The smallest absolute Gasteiger partial charge is 0.406 e. The number of rotatable bonds is 5. The van der Waals surface area contributed by atoms with Crippen molar-refractivity contribution in [1.82, 2.24) is 15.0 Å². The lowest BCUT2D eigenvalue weighted by molar-refractivity contribution is -0.143. The van der Waals surface area contributed by atoms with Gasteiger partial charge in [0.25, 0.3) is 0 Å². The Morgan fingerprint density at radius 1 is 1.36 bits per heavy atom. The highest BCUT2D eigenvalue weighted by molar-refractivity contribution is 7.98. The number of alkyl halides is 3. The predicted octanol–water partition coefficient (Wildman–Crippen LogP) is 3.04. The van der Waals surface area contributed by atoms with Gasteiger partial charge in [-0.1, -0.05) is 23.4 Å². The molecule has 0 aliphatic heterocycles. The average Bonchev–Trinajstić information content (AvgIpc) is 2.53. The molecule has 2 aromatic rings. The molecule has 0 saturated carbocycles. The van der Waals surface area contributed by atoms with Crippen molar-refractivity contribution in [3.05, 3.63) is 40.3 Å². The molecule has 0 saturated heterocycles. The van der Waals surface area contributed by atoms with Gasteiger partial charge in [-0.3, -0.25) is 4.98 Å². The number of carbonyl (C=O) groups excluding carboxylic acids is 1. The zero-order valence-corrected chi connectivity index (χ0v) is 14.2. The van der Waals surface area contributed by atoms with Crippen LogP contribution in [0.1, 0.15) is 16.8 Å². The normalized spacial score (nSPS) is 11.4. The fraction of sp³-hybridized carbons (Fsp3) is 0.286. The highest BCUT2D eigenvalue weighted by Gasteiger charge is 2.34. The number of aryl methyl sites for hydroxylation is 1. The van der Waals surface area contributed by atoms with Crippen molar-refractivity contribution >= 4 is 29.3 Å². The highest BCUT2D eigenvalue weighted by Crippen LogP contribution is 2.33. The van der Waals surface area contributed by atoms with Gasteiger partial charge in [-0.05, 0) is 18.1 Å². The van der Waals surface area contributed by atoms with E-state index in [1.807, 2.05) is 0 Å². The first-order valence-corrected chi connectivity index (χ1v) is 8.06. The number of aromatic nitrogens is 3. The van der Waals surface area contributed by atoms with E-state index in [0.29, 0.717) is 16.7 Å². The third-order valence-corrected chi connectivity index (χ3v) is 4.09. The number of esters is 1. The zero-order valence-electron chi connectivity index (χ0n) is 12.7. The van der Waals surface area contributed by atoms with Gasteiger partial charge in [0, 0.05) is 24.2 Å². The standard InChI is InChI=1S/C14H11ClF3N3O3S/c1-7-3-19-4-9(15)8(7)6-25-13-20-10(14(16,17)18)2-11(21-13)24-12(23)5-22/h2-4,22H,5-6H2,1H3. The first kappa shape index (κ1) is 19.4. The lowest BCUT2D eigenvalue weighted by Gasteiger charge is -2.11. The average molecular weight is 394 g/mol. The topological polar surface area (TPSA) is 85.2 Å². The second-order valence-electron chi connectivity index (χ2n) is 4.71. The summed E-state index contributed by atoms with van der Waals surface area (Å²) in [6, 6.07) is 0.488. The molecule has 6 nitrogen and oxygen atoms in total. The summed E-state index contributed by atoms with van der Waals surface area (Å²) >= 11 is 6.92. The van der Waals surface area contributed by atoms with E-state index in [9.17, 15) is 18.0 Å². The fourth-order valence-electron chi connectivity index (χ4n) is 1.69. The summed E-state index contributed by atoms with van der Waals surface area (Å²) < 4.78 is 43.4. The molecule has 1 N–H and O–H groups in total. The number of carbonyl (C=O) groups is 1. The van der Waals surface area contributed by atoms with Crippen LogP contribution < -0.4 is 4.74 Å². The van der Waals surface area contributed by atoms with E-state index in [4.69, 9.17) is 16.7 Å². The minimum Gasteiger partial charge on any atom is -0.406 e. The molecule has 0 aromatic carbocycles. The molecule has 0 radical (unpaired) electrons. The van der Waals surface area contributed by atoms with Gasteiger partial charge in [-0.15, -0.1) is 0 Å². The number of thioether (sulfide) groups is 1. The van der Waals surface area contributed by atoms with E-state index in [-0.39, 0.29) is 10.9 Å². The number of halogens is 4. The lowest BCUT2D eigenvalue weighted by Crippen LogP contribution is -2.16. The molecule has 0 amide bonds. The molecule has 11 heteroatoms. The van der Waals surface area contributed by atoms with Gasteiger partial charge in [0.1, 0.15) is 6.61 Å². The molecule has 0 spiro atoms. The molecular formula is C14H11ClF3N3O3S. The minimum absolute atomic E-state index is 0.196. The van der Waals surface area contributed by atoms with Gasteiger partial charge in [0.15, 0.2) is 10.9 Å². The van der Waals surface area contributed by atoms with Crippen molar-refractivity contribution in [2.75, 3.05) is 6.61 Å². The van der Waals surface area contributed by atoms with Crippen molar-refractivity contribution in [3.8, 4) is 5.88 Å². The van der Waals surface area contributed by atoms with Crippen LogP contribution in [0.5, 0.6) is 5.88 Å². The van der Waals surface area contributed by atoms with E-state index in [1.165, 1.54) is 6.20 Å². The van der Waals surface area contributed by atoms with Crippen molar-refractivity contribution in [2.24, 2.45) is 0 Å². The van der Waals surface area contributed by atoms with Crippen LogP contribution in [0.4, 0.5) is 13.2 Å². The third kappa shape index (κ3) is 5.28. The number of ether oxygens (including phenoxy) is 1. The molecule has 0 bridgehead atoms. The monoisotopic (exact) mass is 393 g/mol. The third-order valence-electron chi connectivity index (χ3n) is 2.89. The van der Waals surface area contributed by atoms with E-state index >= 15 is 0 Å². The molecule has 2 heterocycles. The second kappa shape index (κ2) is 7.98. The Hall–Kier alpha value is -1.91. The molecule has 25 heavy (non-hydrogen) atoms. The van der Waals surface area contributed by atoms with Gasteiger partial charge in [-0.2, -0.15) is 18.2 Å². The molecule has 2 rings (SSSR count). The number of hydrogen-bond acceptors (Lipinski definition) is 7. The maximum absolute atomic E-state index is 12.9. The first-order chi connectivity index (χ1) is 11.7. The Morgan fingerprint density at radius 2 is 2.08 bits per heavy atom. The van der Waals surface area contributed by atoms with Crippen molar-refractivity contribution in [2.45, 2.75) is 24.0 Å². The lowest BCUT2D eigenvalue weighted by atomic mass is 10.2. The van der Waals surface area contributed by atoms with E-state index in [0.717, 1.165) is 17.3 Å². The Kier molecular flexibility index (Phi) is 6.20. The number of aliphatic hydroxyl groups excluding tert-OH is 1. The van der Waals surface area contributed by atoms with E-state index in [1.54, 1.807) is 13.1 Å². The summed E-state index contributed by atoms with van der Waals surface area (Å²) in [6.07, 6.45) is -1.75. The maximum Gasteiger partial charge on any atom is 0.433 e. The maximum atomic E-state index is 12.9. The Bertz CT molecular complexity index is 769. The van der Waals surface area contributed by atoms with Crippen LogP contribution >= 0.6 is 23.4 Å². The van der Waals surface area contributed by atoms with Crippen LogP contribution in [-0.2, 0) is 16.7 Å². The molecule has 134 valence electrons. The number of nitrogens with zero attached hydrogens (tertiary/aromatic N) is 3. The van der Waals surface area contributed by atoms with Crippen LogP contribution in [0.2, 0.25) is 5.02 Å².